The van der Waals surface area contributed by atoms with Gasteiger partial charge in [-0.25, -0.2) is 4.98 Å². The largest absolute Gasteiger partial charge is 0.436 e. The molecule has 1 aliphatic rings. The molecule has 7 heteroatoms. The molecule has 0 aliphatic carbocycles. The molecule has 1 fully saturated rings. The van der Waals surface area contributed by atoms with Gasteiger partial charge in [0.1, 0.15) is 12.6 Å². The molecular weight excluding hydrogens is 250 g/mol. The number of hydrogen-bond acceptors (Lipinski definition) is 5. The average Bonchev–Trinajstić information content (AvgIpc) is 2.66. The summed E-state index contributed by atoms with van der Waals surface area (Å²) < 4.78 is 5.25. The Bertz CT molecular complexity index is 549. The van der Waals surface area contributed by atoms with Gasteiger partial charge in [0.15, 0.2) is 5.89 Å². The summed E-state index contributed by atoms with van der Waals surface area (Å²) in [6.07, 6.45) is 0.428. The maximum Gasteiger partial charge on any atom is 0.292 e. The van der Waals surface area contributed by atoms with Crippen LogP contribution < -0.4 is 5.32 Å². The number of piperazine rings is 1. The number of aromatic nitrogens is 1. The molecule has 1 atom stereocenters. The molecule has 2 heterocycles. The number of oxazole rings is 1. The Labute approximate surface area is 110 Å². The quantitative estimate of drug-likeness (QED) is 0.769. The third-order valence-corrected chi connectivity index (χ3v) is 3.00. The molecule has 2 rings (SSSR count). The smallest absolute Gasteiger partial charge is 0.292 e. The van der Waals surface area contributed by atoms with Crippen molar-refractivity contribution >= 4 is 17.7 Å². The lowest BCUT2D eigenvalue weighted by Gasteiger charge is -2.32. The van der Waals surface area contributed by atoms with Crippen molar-refractivity contribution in [2.45, 2.75) is 33.2 Å². The molecule has 102 valence electrons. The summed E-state index contributed by atoms with van der Waals surface area (Å²) in [6, 6.07) is -0.657. The maximum atomic E-state index is 12.4. The second kappa shape index (κ2) is 4.83. The van der Waals surface area contributed by atoms with Crippen LogP contribution in [-0.4, -0.2) is 40.2 Å². The third kappa shape index (κ3) is 2.35. The van der Waals surface area contributed by atoms with Crippen molar-refractivity contribution in [2.75, 3.05) is 6.54 Å². The number of amides is 3. The number of carbonyl (C=O) groups is 3. The van der Waals surface area contributed by atoms with Gasteiger partial charge in [0.25, 0.3) is 5.91 Å². The summed E-state index contributed by atoms with van der Waals surface area (Å²) in [5, 5.41) is 2.22. The van der Waals surface area contributed by atoms with Gasteiger partial charge in [-0.15, -0.1) is 0 Å². The molecule has 19 heavy (non-hydrogen) atoms. The number of nitrogens with zero attached hydrogens (tertiary/aromatic N) is 2. The summed E-state index contributed by atoms with van der Waals surface area (Å²) in [5.74, 6) is -0.966. The minimum absolute atomic E-state index is 0.0819. The van der Waals surface area contributed by atoms with E-state index in [9.17, 15) is 14.4 Å². The van der Waals surface area contributed by atoms with Gasteiger partial charge in [-0.05, 0) is 13.3 Å². The van der Waals surface area contributed by atoms with Crippen LogP contribution in [0.5, 0.6) is 0 Å². The zero-order chi connectivity index (χ0) is 14.2. The van der Waals surface area contributed by atoms with Gasteiger partial charge in [0, 0.05) is 6.92 Å². The van der Waals surface area contributed by atoms with E-state index in [-0.39, 0.29) is 12.3 Å². The highest BCUT2D eigenvalue weighted by molar-refractivity contribution is 6.06. The van der Waals surface area contributed by atoms with Gasteiger partial charge in [0.05, 0.1) is 5.69 Å². The van der Waals surface area contributed by atoms with E-state index in [4.69, 9.17) is 4.42 Å². The van der Waals surface area contributed by atoms with Crippen LogP contribution in [0.4, 0.5) is 0 Å². The molecule has 0 radical (unpaired) electrons. The van der Waals surface area contributed by atoms with Gasteiger partial charge >= 0.3 is 0 Å². The van der Waals surface area contributed by atoms with Crippen LogP contribution in [-0.2, 0) is 9.59 Å². The summed E-state index contributed by atoms with van der Waals surface area (Å²) >= 11 is 0. The first-order chi connectivity index (χ1) is 8.93. The van der Waals surface area contributed by atoms with E-state index in [1.165, 1.54) is 4.90 Å². The fourth-order valence-electron chi connectivity index (χ4n) is 2.15. The van der Waals surface area contributed by atoms with Crippen LogP contribution in [0.25, 0.3) is 0 Å². The zero-order valence-electron chi connectivity index (χ0n) is 11.0. The van der Waals surface area contributed by atoms with Crippen molar-refractivity contribution in [1.29, 1.82) is 0 Å². The first-order valence-electron chi connectivity index (χ1n) is 6.02. The molecule has 7 nitrogen and oxygen atoms in total. The molecule has 0 saturated carbocycles. The number of carbonyl (C=O) groups excluding carboxylic acids is 3. The standard InChI is InChI=1S/C12H15N3O4/c1-4-8-11(17)14-9(16)5-15(8)12(18)10-6(2)13-7(3)19-10/h8H,4-5H2,1-3H3,(H,14,16,17). The molecule has 1 aromatic heterocycles. The number of aryl methyl sites for hydroxylation is 2. The van der Waals surface area contributed by atoms with Crippen molar-refractivity contribution in [1.82, 2.24) is 15.2 Å². The maximum absolute atomic E-state index is 12.4. The van der Waals surface area contributed by atoms with Gasteiger partial charge in [-0.2, -0.15) is 0 Å². The first-order valence-corrected chi connectivity index (χ1v) is 6.02. The Morgan fingerprint density at radius 1 is 1.47 bits per heavy atom. The van der Waals surface area contributed by atoms with Gasteiger partial charge < -0.3 is 9.32 Å². The van der Waals surface area contributed by atoms with Crippen LogP contribution in [0, 0.1) is 13.8 Å². The number of rotatable bonds is 2. The van der Waals surface area contributed by atoms with E-state index in [0.717, 1.165) is 0 Å². The predicted octanol–water partition coefficient (Wildman–Crippen LogP) is 0.169. The lowest BCUT2D eigenvalue weighted by atomic mass is 10.1. The summed E-state index contributed by atoms with van der Waals surface area (Å²) in [4.78, 5) is 40.7. The highest BCUT2D eigenvalue weighted by Crippen LogP contribution is 2.17. The fraction of sp³-hybridized carbons (Fsp3) is 0.500. The predicted molar refractivity (Wildman–Crippen MR) is 64.2 cm³/mol. The molecule has 0 aromatic carbocycles. The van der Waals surface area contributed by atoms with E-state index >= 15 is 0 Å². The Kier molecular flexibility index (Phi) is 3.37. The monoisotopic (exact) mass is 265 g/mol. The van der Waals surface area contributed by atoms with Crippen LogP contribution >= 0.6 is 0 Å². The SMILES string of the molecule is CCC1C(=O)NC(=O)CN1C(=O)c1oc(C)nc1C. The highest BCUT2D eigenvalue weighted by atomic mass is 16.4. The Balaban J connectivity index is 2.32. The third-order valence-electron chi connectivity index (χ3n) is 3.00. The minimum atomic E-state index is -0.657. The zero-order valence-corrected chi connectivity index (χ0v) is 11.0. The van der Waals surface area contributed by atoms with E-state index in [0.29, 0.717) is 18.0 Å². The highest BCUT2D eigenvalue weighted by Gasteiger charge is 2.37. The molecule has 1 aliphatic heterocycles. The van der Waals surface area contributed by atoms with E-state index in [2.05, 4.69) is 10.3 Å². The number of imide groups is 1. The summed E-state index contributed by atoms with van der Waals surface area (Å²) in [7, 11) is 0. The van der Waals surface area contributed by atoms with Crippen molar-refractivity contribution in [3.63, 3.8) is 0 Å². The minimum Gasteiger partial charge on any atom is -0.436 e. The molecule has 1 unspecified atom stereocenters. The normalized spacial score (nSPS) is 19.5. The fourth-order valence-corrected chi connectivity index (χ4v) is 2.15. The van der Waals surface area contributed by atoms with Crippen molar-refractivity contribution in [3.8, 4) is 0 Å². The van der Waals surface area contributed by atoms with Crippen LogP contribution in [0.3, 0.4) is 0 Å². The average molecular weight is 265 g/mol. The molecule has 1 N–H and O–H groups in total. The lowest BCUT2D eigenvalue weighted by molar-refractivity contribution is -0.138. The summed E-state index contributed by atoms with van der Waals surface area (Å²) in [5.41, 5.74) is 0.454. The van der Waals surface area contributed by atoms with E-state index in [1.807, 2.05) is 0 Å². The lowest BCUT2D eigenvalue weighted by Crippen LogP contribution is -2.59. The van der Waals surface area contributed by atoms with E-state index in [1.54, 1.807) is 20.8 Å². The molecule has 0 spiro atoms. The number of hydrogen-bond donors (Lipinski definition) is 1. The van der Waals surface area contributed by atoms with Crippen molar-refractivity contribution in [3.05, 3.63) is 17.3 Å². The van der Waals surface area contributed by atoms with Crippen LogP contribution in [0.15, 0.2) is 4.42 Å². The van der Waals surface area contributed by atoms with Crippen LogP contribution in [0.2, 0.25) is 0 Å². The molecule has 1 saturated heterocycles. The number of nitrogens with one attached hydrogen (secondary N) is 1. The molecular formula is C12H15N3O4. The topological polar surface area (TPSA) is 92.5 Å². The molecule has 1 aromatic rings. The second-order valence-corrected chi connectivity index (χ2v) is 4.42. The van der Waals surface area contributed by atoms with Gasteiger partial charge in [0.2, 0.25) is 17.6 Å². The first kappa shape index (κ1) is 13.3. The second-order valence-electron chi connectivity index (χ2n) is 4.42. The van der Waals surface area contributed by atoms with Crippen LogP contribution in [0.1, 0.15) is 35.5 Å². The van der Waals surface area contributed by atoms with Gasteiger partial charge in [-0.3, -0.25) is 19.7 Å². The Morgan fingerprint density at radius 3 is 2.68 bits per heavy atom. The van der Waals surface area contributed by atoms with Crippen molar-refractivity contribution in [2.24, 2.45) is 0 Å². The van der Waals surface area contributed by atoms with Crippen molar-refractivity contribution < 1.29 is 18.8 Å². The van der Waals surface area contributed by atoms with E-state index < -0.39 is 23.8 Å². The van der Waals surface area contributed by atoms with Gasteiger partial charge in [-0.1, -0.05) is 6.92 Å². The summed E-state index contributed by atoms with van der Waals surface area (Å²) in [6.45, 7) is 4.91. The molecule has 0 bridgehead atoms. The molecule has 3 amide bonds. The Morgan fingerprint density at radius 2 is 2.16 bits per heavy atom. The Hall–Kier alpha value is -2.18.